The van der Waals surface area contributed by atoms with Gasteiger partial charge in [0.2, 0.25) is 0 Å². The van der Waals surface area contributed by atoms with Crippen LogP contribution in [-0.2, 0) is 9.53 Å². The van der Waals surface area contributed by atoms with Crippen molar-refractivity contribution in [3.8, 4) is 0 Å². The highest BCUT2D eigenvalue weighted by Crippen LogP contribution is 2.51. The maximum Gasteiger partial charge on any atom is 0.309 e. The van der Waals surface area contributed by atoms with Crippen molar-refractivity contribution in [3.63, 3.8) is 0 Å². The Morgan fingerprint density at radius 2 is 2.33 bits per heavy atom. The van der Waals surface area contributed by atoms with Gasteiger partial charge in [0.25, 0.3) is 5.69 Å². The summed E-state index contributed by atoms with van der Waals surface area (Å²) in [5.74, 6) is -0.720. The Balaban J connectivity index is 2.22. The highest BCUT2D eigenvalue weighted by atomic mass is 35.5. The minimum Gasteiger partial charge on any atom is -0.466 e. The lowest BCUT2D eigenvalue weighted by atomic mass is 10.1. The van der Waals surface area contributed by atoms with Gasteiger partial charge >= 0.3 is 5.97 Å². The van der Waals surface area contributed by atoms with Crippen LogP contribution in [0.5, 0.6) is 0 Å². The molecule has 1 aliphatic rings. The minimum absolute atomic E-state index is 0.0104. The first-order valence-electron chi connectivity index (χ1n) is 5.65. The SMILES string of the molecule is CCOC(=O)C1CC1c1cc(Cl)ccc1[N+](=O)[O-]. The quantitative estimate of drug-likeness (QED) is 0.479. The van der Waals surface area contributed by atoms with Crippen molar-refractivity contribution in [2.24, 2.45) is 5.92 Å². The van der Waals surface area contributed by atoms with Gasteiger partial charge in [-0.15, -0.1) is 0 Å². The first-order chi connectivity index (χ1) is 8.54. The summed E-state index contributed by atoms with van der Waals surface area (Å²) < 4.78 is 4.91. The minimum atomic E-state index is -0.452. The van der Waals surface area contributed by atoms with Gasteiger partial charge in [-0.1, -0.05) is 11.6 Å². The number of nitro groups is 1. The topological polar surface area (TPSA) is 69.4 Å². The van der Waals surface area contributed by atoms with Crippen LogP contribution in [0.4, 0.5) is 5.69 Å². The molecule has 1 aromatic rings. The summed E-state index contributed by atoms with van der Waals surface area (Å²) in [6, 6.07) is 4.41. The predicted octanol–water partition coefficient (Wildman–Crippen LogP) is 2.91. The number of hydrogen-bond donors (Lipinski definition) is 0. The molecule has 0 spiro atoms. The highest BCUT2D eigenvalue weighted by Gasteiger charge is 2.47. The van der Waals surface area contributed by atoms with Gasteiger partial charge in [-0.25, -0.2) is 0 Å². The molecule has 5 nitrogen and oxygen atoms in total. The van der Waals surface area contributed by atoms with Gasteiger partial charge in [-0.05, 0) is 25.5 Å². The van der Waals surface area contributed by atoms with Gasteiger partial charge in [-0.3, -0.25) is 14.9 Å². The maximum atomic E-state index is 11.5. The standard InChI is InChI=1S/C12H12ClNO4/c1-2-18-12(15)10-6-8(10)9-5-7(13)3-4-11(9)14(16)17/h3-5,8,10H,2,6H2,1H3. The van der Waals surface area contributed by atoms with Gasteiger partial charge in [0, 0.05) is 22.6 Å². The molecule has 2 atom stereocenters. The van der Waals surface area contributed by atoms with Crippen LogP contribution in [0.25, 0.3) is 0 Å². The molecule has 1 aromatic carbocycles. The maximum absolute atomic E-state index is 11.5. The first-order valence-corrected chi connectivity index (χ1v) is 6.02. The summed E-state index contributed by atoms with van der Waals surface area (Å²) in [6.45, 7) is 2.05. The Morgan fingerprint density at radius 1 is 1.61 bits per heavy atom. The van der Waals surface area contributed by atoms with Crippen LogP contribution in [0.3, 0.4) is 0 Å². The van der Waals surface area contributed by atoms with Gasteiger partial charge in [0.1, 0.15) is 0 Å². The van der Waals surface area contributed by atoms with Crippen molar-refractivity contribution in [1.29, 1.82) is 0 Å². The Kier molecular flexibility index (Phi) is 3.52. The number of carbonyl (C=O) groups is 1. The van der Waals surface area contributed by atoms with Crippen LogP contribution >= 0.6 is 11.6 Å². The van der Waals surface area contributed by atoms with E-state index in [-0.39, 0.29) is 23.5 Å². The van der Waals surface area contributed by atoms with Crippen LogP contribution < -0.4 is 0 Å². The van der Waals surface area contributed by atoms with E-state index in [1.165, 1.54) is 12.1 Å². The second-order valence-electron chi connectivity index (χ2n) is 4.16. The number of halogens is 1. The molecule has 1 saturated carbocycles. The number of benzene rings is 1. The fourth-order valence-electron chi connectivity index (χ4n) is 2.04. The van der Waals surface area contributed by atoms with Gasteiger partial charge in [0.15, 0.2) is 0 Å². The Bertz CT molecular complexity index is 503. The normalized spacial score (nSPS) is 21.4. The van der Waals surface area contributed by atoms with Crippen molar-refractivity contribution < 1.29 is 14.5 Å². The molecule has 0 aliphatic heterocycles. The molecule has 2 unspecified atom stereocenters. The molecule has 0 radical (unpaired) electrons. The Labute approximate surface area is 109 Å². The van der Waals surface area contributed by atoms with Gasteiger partial charge in [-0.2, -0.15) is 0 Å². The summed E-state index contributed by atoms with van der Waals surface area (Å²) in [5, 5.41) is 11.3. The number of nitro benzene ring substituents is 1. The average molecular weight is 270 g/mol. The van der Waals surface area contributed by atoms with E-state index in [9.17, 15) is 14.9 Å². The predicted molar refractivity (Wildman–Crippen MR) is 65.6 cm³/mol. The van der Waals surface area contributed by atoms with E-state index < -0.39 is 4.92 Å². The summed E-state index contributed by atoms with van der Waals surface area (Å²) in [5.41, 5.74) is 0.529. The van der Waals surface area contributed by atoms with E-state index in [2.05, 4.69) is 0 Å². The van der Waals surface area contributed by atoms with Crippen LogP contribution in [0.1, 0.15) is 24.8 Å². The molecule has 0 heterocycles. The summed E-state index contributed by atoms with van der Waals surface area (Å²) in [7, 11) is 0. The number of hydrogen-bond acceptors (Lipinski definition) is 4. The molecule has 0 saturated heterocycles. The lowest BCUT2D eigenvalue weighted by molar-refractivity contribution is -0.385. The van der Waals surface area contributed by atoms with Crippen molar-refractivity contribution >= 4 is 23.3 Å². The molecule has 0 bridgehead atoms. The Morgan fingerprint density at radius 3 is 2.94 bits per heavy atom. The molecule has 1 aliphatic carbocycles. The van der Waals surface area contributed by atoms with Crippen LogP contribution in [-0.4, -0.2) is 17.5 Å². The molecule has 0 aromatic heterocycles. The van der Waals surface area contributed by atoms with Crippen molar-refractivity contribution in [1.82, 2.24) is 0 Å². The first kappa shape index (κ1) is 12.8. The van der Waals surface area contributed by atoms with E-state index in [4.69, 9.17) is 16.3 Å². The fourth-order valence-corrected chi connectivity index (χ4v) is 2.22. The van der Waals surface area contributed by atoms with Crippen LogP contribution in [0.15, 0.2) is 18.2 Å². The number of carbonyl (C=O) groups excluding carboxylic acids is 1. The van der Waals surface area contributed by atoms with E-state index >= 15 is 0 Å². The van der Waals surface area contributed by atoms with Crippen molar-refractivity contribution in [2.75, 3.05) is 6.61 Å². The zero-order valence-electron chi connectivity index (χ0n) is 9.76. The van der Waals surface area contributed by atoms with Crippen LogP contribution in [0.2, 0.25) is 5.02 Å². The molecule has 0 N–H and O–H groups in total. The number of esters is 1. The van der Waals surface area contributed by atoms with Gasteiger partial charge in [0.05, 0.1) is 17.4 Å². The molecule has 2 rings (SSSR count). The lowest BCUT2D eigenvalue weighted by Gasteiger charge is -2.03. The lowest BCUT2D eigenvalue weighted by Crippen LogP contribution is -2.07. The third kappa shape index (κ3) is 2.46. The monoisotopic (exact) mass is 269 g/mol. The third-order valence-corrected chi connectivity index (χ3v) is 3.20. The van der Waals surface area contributed by atoms with E-state index in [1.807, 2.05) is 0 Å². The molecule has 0 amide bonds. The second kappa shape index (κ2) is 4.94. The zero-order valence-corrected chi connectivity index (χ0v) is 10.5. The molecule has 1 fully saturated rings. The number of nitrogens with zero attached hydrogens (tertiary/aromatic N) is 1. The number of rotatable bonds is 4. The van der Waals surface area contributed by atoms with Crippen LogP contribution in [0, 0.1) is 16.0 Å². The average Bonchev–Trinajstić information content (AvgIpc) is 3.08. The van der Waals surface area contributed by atoms with E-state index in [0.717, 1.165) is 0 Å². The summed E-state index contributed by atoms with van der Waals surface area (Å²) >= 11 is 5.84. The Hall–Kier alpha value is -1.62. The molecular formula is C12H12ClNO4. The smallest absolute Gasteiger partial charge is 0.309 e. The zero-order chi connectivity index (χ0) is 13.3. The fraction of sp³-hybridized carbons (Fsp3) is 0.417. The van der Waals surface area contributed by atoms with E-state index in [1.54, 1.807) is 13.0 Å². The number of ether oxygens (including phenoxy) is 1. The molecule has 18 heavy (non-hydrogen) atoms. The van der Waals surface area contributed by atoms with Gasteiger partial charge < -0.3 is 4.74 Å². The largest absolute Gasteiger partial charge is 0.466 e. The van der Waals surface area contributed by atoms with Crippen molar-refractivity contribution in [3.05, 3.63) is 38.9 Å². The molecule has 6 heteroatoms. The highest BCUT2D eigenvalue weighted by molar-refractivity contribution is 6.30. The summed E-state index contributed by atoms with van der Waals surface area (Å²) in [6.07, 6.45) is 0.583. The van der Waals surface area contributed by atoms with Crippen molar-refractivity contribution in [2.45, 2.75) is 19.3 Å². The molecule has 96 valence electrons. The van der Waals surface area contributed by atoms with E-state index in [0.29, 0.717) is 23.6 Å². The molecular weight excluding hydrogens is 258 g/mol. The second-order valence-corrected chi connectivity index (χ2v) is 4.60. The summed E-state index contributed by atoms with van der Waals surface area (Å²) in [4.78, 5) is 22.0. The third-order valence-electron chi connectivity index (χ3n) is 2.97.